The number of imidazole rings is 3. The molecule has 69 heavy (non-hydrogen) atoms. The molecule has 0 aliphatic carbocycles. The summed E-state index contributed by atoms with van der Waals surface area (Å²) in [5.74, 6) is 7.01. The Bertz CT molecular complexity index is 2100. The number of aromatic nitrogens is 9. The average molecular weight is 948 g/mol. The van der Waals surface area contributed by atoms with E-state index < -0.39 is 0 Å². The van der Waals surface area contributed by atoms with Crippen LogP contribution in [0.5, 0.6) is 0 Å². The smallest absolute Gasteiger partial charge is 0.137 e. The quantitative estimate of drug-likeness (QED) is 0.113. The molecule has 11 heteroatoms. The zero-order valence-corrected chi connectivity index (χ0v) is 46.7. The van der Waals surface area contributed by atoms with Crippen LogP contribution >= 0.6 is 0 Å². The van der Waals surface area contributed by atoms with Gasteiger partial charge in [-0.2, -0.15) is 5.10 Å². The second kappa shape index (κ2) is 32.8. The van der Waals surface area contributed by atoms with E-state index in [9.17, 15) is 0 Å². The third-order valence-electron chi connectivity index (χ3n) is 11.8. The summed E-state index contributed by atoms with van der Waals surface area (Å²) in [6, 6.07) is 19.0. The number of hydrogen-bond acceptors (Lipinski definition) is 7. The summed E-state index contributed by atoms with van der Waals surface area (Å²) in [7, 11) is 0. The Kier molecular flexibility index (Phi) is 28.7. The third-order valence-corrected chi connectivity index (χ3v) is 11.8. The van der Waals surface area contributed by atoms with Gasteiger partial charge in [-0.3, -0.25) is 10.00 Å². The lowest BCUT2D eigenvalue weighted by atomic mass is 9.99. The fourth-order valence-electron chi connectivity index (χ4n) is 7.56. The van der Waals surface area contributed by atoms with Gasteiger partial charge in [-0.1, -0.05) is 130 Å². The molecule has 2 aliphatic heterocycles. The van der Waals surface area contributed by atoms with E-state index in [1.165, 1.54) is 91.8 Å². The molecule has 11 nitrogen and oxygen atoms in total. The molecule has 384 valence electrons. The minimum atomic E-state index is 0.456. The molecule has 1 saturated heterocycles. The van der Waals surface area contributed by atoms with Crippen molar-refractivity contribution in [1.82, 2.24) is 54.9 Å². The number of H-pyrrole nitrogens is 4. The molecule has 1 fully saturated rings. The SMILES string of the molecule is CC(C)N1CCCCC1.CC(C)N1CCc2ccccc2C1.CC(C)c1ncn[nH]1.Cc1ccc(CC(C)C)cc1.Cc1ncc(C(C)C)[nH]1.Cc1ncc(C(C)C)[nH]1.Cc1ncc(CC(C)C)[nH]1. The predicted molar refractivity (Wildman–Crippen MR) is 293 cm³/mol. The Balaban J connectivity index is 0.000000278. The molecule has 8 rings (SSSR count). The molecule has 0 amide bonds. The molecular formula is C58H97N11. The highest BCUT2D eigenvalue weighted by molar-refractivity contribution is 5.29. The summed E-state index contributed by atoms with van der Waals surface area (Å²) < 4.78 is 0. The zero-order valence-electron chi connectivity index (χ0n) is 46.7. The van der Waals surface area contributed by atoms with Crippen molar-refractivity contribution in [3.63, 3.8) is 0 Å². The lowest BCUT2D eigenvalue weighted by molar-refractivity contribution is 0.185. The summed E-state index contributed by atoms with van der Waals surface area (Å²) in [5, 5.41) is 6.48. The van der Waals surface area contributed by atoms with Crippen molar-refractivity contribution >= 4 is 0 Å². The van der Waals surface area contributed by atoms with Gasteiger partial charge in [0.25, 0.3) is 0 Å². The lowest BCUT2D eigenvalue weighted by Crippen LogP contribution is -2.35. The molecule has 4 N–H and O–H groups in total. The molecular weight excluding hydrogens is 851 g/mol. The number of aromatic amines is 4. The number of nitrogens with one attached hydrogen (secondary N) is 4. The Morgan fingerprint density at radius 2 is 1.01 bits per heavy atom. The highest BCUT2D eigenvalue weighted by atomic mass is 15.2. The fourth-order valence-corrected chi connectivity index (χ4v) is 7.56. The van der Waals surface area contributed by atoms with E-state index in [-0.39, 0.29) is 0 Å². The molecule has 0 spiro atoms. The van der Waals surface area contributed by atoms with Crippen LogP contribution in [0.15, 0.2) is 73.4 Å². The lowest BCUT2D eigenvalue weighted by Gasteiger charge is -2.31. The zero-order chi connectivity index (χ0) is 51.5. The van der Waals surface area contributed by atoms with Crippen LogP contribution in [-0.4, -0.2) is 86.6 Å². The van der Waals surface area contributed by atoms with E-state index in [0.29, 0.717) is 29.7 Å². The predicted octanol–water partition coefficient (Wildman–Crippen LogP) is 14.1. The van der Waals surface area contributed by atoms with Crippen LogP contribution in [0, 0.1) is 39.5 Å². The average Bonchev–Trinajstić information content (AvgIpc) is 4.16. The first-order chi connectivity index (χ1) is 32.6. The molecule has 6 heterocycles. The maximum Gasteiger partial charge on any atom is 0.137 e. The Morgan fingerprint density at radius 1 is 0.507 bits per heavy atom. The highest BCUT2D eigenvalue weighted by Gasteiger charge is 2.17. The van der Waals surface area contributed by atoms with Crippen LogP contribution in [0.3, 0.4) is 0 Å². The molecule has 0 bridgehead atoms. The van der Waals surface area contributed by atoms with Crippen molar-refractivity contribution in [3.05, 3.63) is 136 Å². The van der Waals surface area contributed by atoms with Crippen molar-refractivity contribution < 1.29 is 0 Å². The van der Waals surface area contributed by atoms with E-state index in [1.54, 1.807) is 5.56 Å². The summed E-state index contributed by atoms with van der Waals surface area (Å²) in [5.41, 5.74) is 9.53. The summed E-state index contributed by atoms with van der Waals surface area (Å²) >= 11 is 0. The largest absolute Gasteiger partial charge is 0.346 e. The van der Waals surface area contributed by atoms with Gasteiger partial charge in [0.15, 0.2) is 0 Å². The molecule has 0 atom stereocenters. The number of rotatable bonds is 9. The van der Waals surface area contributed by atoms with Gasteiger partial charge in [0.2, 0.25) is 0 Å². The molecule has 2 aliphatic rings. The first-order valence-electron chi connectivity index (χ1n) is 26.1. The highest BCUT2D eigenvalue weighted by Crippen LogP contribution is 2.20. The Labute approximate surface area is 420 Å². The van der Waals surface area contributed by atoms with Gasteiger partial charge >= 0.3 is 0 Å². The number of hydrogen-bond donors (Lipinski definition) is 4. The second-order valence-corrected chi connectivity index (χ2v) is 21.1. The van der Waals surface area contributed by atoms with Gasteiger partial charge in [-0.25, -0.2) is 19.9 Å². The number of likely N-dealkylation sites (tertiary alicyclic amines) is 1. The van der Waals surface area contributed by atoms with Crippen molar-refractivity contribution in [2.24, 2.45) is 11.8 Å². The monoisotopic (exact) mass is 948 g/mol. The van der Waals surface area contributed by atoms with Gasteiger partial charge in [0, 0.05) is 66.8 Å². The number of piperidine rings is 1. The van der Waals surface area contributed by atoms with Crippen LogP contribution in [0.2, 0.25) is 0 Å². The van der Waals surface area contributed by atoms with Crippen LogP contribution in [0.1, 0.15) is 197 Å². The van der Waals surface area contributed by atoms with E-state index >= 15 is 0 Å². The maximum atomic E-state index is 4.11. The number of nitrogens with zero attached hydrogens (tertiary/aromatic N) is 7. The fraction of sp³-hybridized carbons (Fsp3) is 0.603. The molecule has 0 unspecified atom stereocenters. The van der Waals surface area contributed by atoms with Crippen molar-refractivity contribution in [2.75, 3.05) is 19.6 Å². The minimum Gasteiger partial charge on any atom is -0.346 e. The Morgan fingerprint density at radius 3 is 1.38 bits per heavy atom. The van der Waals surface area contributed by atoms with E-state index in [4.69, 9.17) is 0 Å². The van der Waals surface area contributed by atoms with Crippen LogP contribution in [0.25, 0.3) is 0 Å². The molecule has 6 aromatic rings. The van der Waals surface area contributed by atoms with E-state index in [2.05, 4.69) is 207 Å². The van der Waals surface area contributed by atoms with Gasteiger partial charge in [0.1, 0.15) is 29.6 Å². The molecule has 2 aromatic carbocycles. The van der Waals surface area contributed by atoms with Crippen LogP contribution in [0.4, 0.5) is 0 Å². The van der Waals surface area contributed by atoms with Gasteiger partial charge in [0.05, 0.1) is 0 Å². The summed E-state index contributed by atoms with van der Waals surface area (Å²) in [4.78, 5) is 30.8. The van der Waals surface area contributed by atoms with Crippen molar-refractivity contribution in [1.29, 1.82) is 0 Å². The number of aryl methyl sites for hydroxylation is 4. The minimum absolute atomic E-state index is 0.456. The second-order valence-electron chi connectivity index (χ2n) is 21.1. The van der Waals surface area contributed by atoms with Crippen molar-refractivity contribution in [3.8, 4) is 0 Å². The first kappa shape index (κ1) is 60.3. The molecule has 4 aromatic heterocycles. The topological polar surface area (TPSA) is 134 Å². The molecule has 0 saturated carbocycles. The van der Waals surface area contributed by atoms with Crippen LogP contribution < -0.4 is 0 Å². The number of benzene rings is 2. The Hall–Kier alpha value is -4.87. The van der Waals surface area contributed by atoms with Gasteiger partial charge in [-0.05, 0) is 141 Å². The first-order valence-corrected chi connectivity index (χ1v) is 26.1. The normalized spacial score (nSPS) is 13.5. The van der Waals surface area contributed by atoms with E-state index in [1.807, 2.05) is 39.4 Å². The van der Waals surface area contributed by atoms with Gasteiger partial charge < -0.3 is 19.9 Å². The van der Waals surface area contributed by atoms with Crippen LogP contribution in [-0.2, 0) is 25.8 Å². The molecule has 0 radical (unpaired) electrons. The summed E-state index contributed by atoms with van der Waals surface area (Å²) in [6.45, 7) is 43.8. The number of fused-ring (bicyclic) bond motifs is 1. The summed E-state index contributed by atoms with van der Waals surface area (Å²) in [6.07, 6.45) is 15.0. The van der Waals surface area contributed by atoms with Crippen molar-refractivity contribution in [2.45, 2.75) is 200 Å². The van der Waals surface area contributed by atoms with E-state index in [0.717, 1.165) is 48.2 Å². The maximum absolute atomic E-state index is 4.11. The standard InChI is InChI=1S/C12H17N.C11H16.C8H14N2.C8H17N.2C7H12N2.C5H9N3/c1-10(2)13-8-7-11-5-3-4-6-12(11)9-13;1-9(2)8-11-6-4-10(3)5-7-11;1-6(2)4-8-5-9-7(3)10-8;1-8(2)9-6-4-3-5-7-9;2*1-5(2)7-4-8-6(3)9-7;1-4(2)5-6-3-7-8-5/h3-6,10H,7-9H2,1-2H3;4-7,9H,8H2,1-3H3;5-6H,4H2,1-3H3,(H,9,10);8H,3-7H2,1-2H3;2*4-5H,1-3H3,(H,8,9);3-4H,1-2H3,(H,6,7,8). The van der Waals surface area contributed by atoms with Gasteiger partial charge in [-0.15, -0.1) is 0 Å². The third kappa shape index (κ3) is 26.1.